The third kappa shape index (κ3) is 6.96. The molecule has 0 bridgehead atoms. The van der Waals surface area contributed by atoms with Crippen molar-refractivity contribution in [3.8, 4) is 5.75 Å². The molecule has 11 nitrogen and oxygen atoms in total. The number of anilines is 2. The molecule has 1 heterocycles. The Hall–Kier alpha value is -5.00. The lowest BCUT2D eigenvalue weighted by Gasteiger charge is -2.25. The Morgan fingerprint density at radius 1 is 1.00 bits per heavy atom. The van der Waals surface area contributed by atoms with Crippen LogP contribution in [-0.4, -0.2) is 65.3 Å². The molecule has 12 heteroatoms. The summed E-state index contributed by atoms with van der Waals surface area (Å²) in [5.74, 6) is -2.70. The van der Waals surface area contributed by atoms with Crippen LogP contribution >= 0.6 is 11.6 Å². The van der Waals surface area contributed by atoms with Crippen molar-refractivity contribution in [2.24, 2.45) is 0 Å². The molecule has 228 valence electrons. The first-order valence-corrected chi connectivity index (χ1v) is 14.0. The standard InChI is InChI=1S/C32H31ClN4O7/c1-5-44-31-30(41)37(32(42)36(31)18-20-9-7-6-8-10-20)26(27(38)21-11-14-23(43-4)15-12-21)29(40)35-25-17-22(13-16-24(25)33)34-28(39)19(2)3/h6-17,26,31H,2,5,18H2,1,3-4H3,(H,34,39)(H,35,40). The van der Waals surface area contributed by atoms with E-state index in [9.17, 15) is 24.0 Å². The molecule has 2 unspecified atom stereocenters. The molecule has 44 heavy (non-hydrogen) atoms. The Balaban J connectivity index is 1.73. The van der Waals surface area contributed by atoms with Gasteiger partial charge in [-0.15, -0.1) is 0 Å². The van der Waals surface area contributed by atoms with Crippen LogP contribution in [0.2, 0.25) is 5.02 Å². The van der Waals surface area contributed by atoms with Crippen LogP contribution in [0.4, 0.5) is 16.2 Å². The zero-order valence-electron chi connectivity index (χ0n) is 24.3. The number of hydrogen-bond donors (Lipinski definition) is 2. The number of amides is 5. The maximum atomic E-state index is 13.9. The summed E-state index contributed by atoms with van der Waals surface area (Å²) in [6.45, 7) is 6.87. The number of ketones is 1. The van der Waals surface area contributed by atoms with Crippen LogP contribution in [0.25, 0.3) is 0 Å². The molecule has 0 spiro atoms. The van der Waals surface area contributed by atoms with Gasteiger partial charge in [0.05, 0.1) is 24.4 Å². The lowest BCUT2D eigenvalue weighted by atomic mass is 10.0. The largest absolute Gasteiger partial charge is 0.497 e. The fourth-order valence-electron chi connectivity index (χ4n) is 4.48. The van der Waals surface area contributed by atoms with Crippen molar-refractivity contribution < 1.29 is 33.4 Å². The fourth-order valence-corrected chi connectivity index (χ4v) is 4.64. The van der Waals surface area contributed by atoms with Gasteiger partial charge in [-0.3, -0.25) is 24.1 Å². The molecule has 5 amide bonds. The molecule has 0 aliphatic carbocycles. The average Bonchev–Trinajstić information content (AvgIpc) is 3.23. The van der Waals surface area contributed by atoms with E-state index in [2.05, 4.69) is 17.2 Å². The van der Waals surface area contributed by atoms with Crippen molar-refractivity contribution in [1.29, 1.82) is 0 Å². The first kappa shape index (κ1) is 31.9. The van der Waals surface area contributed by atoms with Crippen molar-refractivity contribution in [2.75, 3.05) is 24.4 Å². The predicted molar refractivity (Wildman–Crippen MR) is 164 cm³/mol. The summed E-state index contributed by atoms with van der Waals surface area (Å²) >= 11 is 6.35. The van der Waals surface area contributed by atoms with Gasteiger partial charge in [-0.05, 0) is 61.9 Å². The minimum Gasteiger partial charge on any atom is -0.497 e. The number of rotatable bonds is 12. The Morgan fingerprint density at radius 3 is 2.30 bits per heavy atom. The van der Waals surface area contributed by atoms with E-state index in [1.807, 2.05) is 6.07 Å². The highest BCUT2D eigenvalue weighted by Gasteiger charge is 2.53. The van der Waals surface area contributed by atoms with Gasteiger partial charge in [0.2, 0.25) is 6.23 Å². The van der Waals surface area contributed by atoms with Crippen LogP contribution < -0.4 is 15.4 Å². The highest BCUT2D eigenvalue weighted by Crippen LogP contribution is 2.29. The fraction of sp³-hybridized carbons (Fsp3) is 0.219. The summed E-state index contributed by atoms with van der Waals surface area (Å²) in [6, 6.07) is 16.3. The second-order valence-corrected chi connectivity index (χ2v) is 10.2. The summed E-state index contributed by atoms with van der Waals surface area (Å²) in [5, 5.41) is 5.26. The summed E-state index contributed by atoms with van der Waals surface area (Å²) in [7, 11) is 1.46. The third-order valence-electron chi connectivity index (χ3n) is 6.70. The van der Waals surface area contributed by atoms with Gasteiger partial charge in [-0.1, -0.05) is 48.5 Å². The van der Waals surface area contributed by atoms with Crippen LogP contribution in [0.5, 0.6) is 5.75 Å². The van der Waals surface area contributed by atoms with Crippen LogP contribution in [0.1, 0.15) is 29.8 Å². The number of methoxy groups -OCH3 is 1. The van der Waals surface area contributed by atoms with Crippen LogP contribution in [0.15, 0.2) is 84.9 Å². The van der Waals surface area contributed by atoms with Gasteiger partial charge >= 0.3 is 6.03 Å². The number of halogens is 1. The van der Waals surface area contributed by atoms with E-state index in [4.69, 9.17) is 21.1 Å². The first-order chi connectivity index (χ1) is 21.0. The quantitative estimate of drug-likeness (QED) is 0.128. The van der Waals surface area contributed by atoms with E-state index in [0.29, 0.717) is 16.2 Å². The molecule has 3 aromatic rings. The van der Waals surface area contributed by atoms with Crippen molar-refractivity contribution >= 4 is 52.5 Å². The molecule has 2 atom stereocenters. The minimum absolute atomic E-state index is 0.00601. The highest BCUT2D eigenvalue weighted by molar-refractivity contribution is 6.34. The molecule has 3 aromatic carbocycles. The first-order valence-electron chi connectivity index (χ1n) is 13.6. The smallest absolute Gasteiger partial charge is 0.330 e. The van der Waals surface area contributed by atoms with E-state index in [0.717, 1.165) is 0 Å². The molecule has 1 saturated heterocycles. The van der Waals surface area contributed by atoms with E-state index in [1.165, 1.54) is 61.4 Å². The number of urea groups is 1. The topological polar surface area (TPSA) is 134 Å². The van der Waals surface area contributed by atoms with Crippen molar-refractivity contribution in [2.45, 2.75) is 32.7 Å². The number of imide groups is 1. The Morgan fingerprint density at radius 2 is 1.68 bits per heavy atom. The molecular weight excluding hydrogens is 588 g/mol. The molecule has 4 rings (SSSR count). The molecule has 0 radical (unpaired) electrons. The summed E-state index contributed by atoms with van der Waals surface area (Å²) < 4.78 is 10.8. The summed E-state index contributed by atoms with van der Waals surface area (Å²) in [6.07, 6.45) is -1.36. The maximum Gasteiger partial charge on any atom is 0.330 e. The monoisotopic (exact) mass is 618 g/mol. The number of Topliss-reactive ketones (excluding diaryl/α,β-unsaturated/α-hetero) is 1. The maximum absolute atomic E-state index is 13.9. The minimum atomic E-state index is -1.93. The normalized spacial score (nSPS) is 15.1. The average molecular weight is 619 g/mol. The van der Waals surface area contributed by atoms with E-state index >= 15 is 0 Å². The van der Waals surface area contributed by atoms with Gasteiger partial charge in [0.15, 0.2) is 11.8 Å². The van der Waals surface area contributed by atoms with Gasteiger partial charge in [0.25, 0.3) is 17.7 Å². The highest BCUT2D eigenvalue weighted by atomic mass is 35.5. The van der Waals surface area contributed by atoms with Crippen LogP contribution in [0.3, 0.4) is 0 Å². The molecular formula is C32H31ClN4O7. The van der Waals surface area contributed by atoms with E-state index in [1.54, 1.807) is 31.2 Å². The Kier molecular flexibility index (Phi) is 10.1. The zero-order chi connectivity index (χ0) is 32.0. The van der Waals surface area contributed by atoms with Gasteiger partial charge in [0, 0.05) is 23.4 Å². The lowest BCUT2D eigenvalue weighted by molar-refractivity contribution is -0.144. The number of carbonyl (C=O) groups is 5. The predicted octanol–water partition coefficient (Wildman–Crippen LogP) is 4.88. The van der Waals surface area contributed by atoms with Crippen molar-refractivity contribution in [1.82, 2.24) is 9.80 Å². The number of benzene rings is 3. The SMILES string of the molecule is C=C(C)C(=O)Nc1ccc(Cl)c(NC(=O)C(C(=O)c2ccc(OC)cc2)N2C(=O)C(OCC)N(Cc3ccccc3)C2=O)c1. The van der Waals surface area contributed by atoms with E-state index in [-0.39, 0.29) is 40.7 Å². The van der Waals surface area contributed by atoms with Crippen molar-refractivity contribution in [3.63, 3.8) is 0 Å². The Labute approximate surface area is 259 Å². The number of ether oxygens (including phenoxy) is 2. The molecule has 1 aliphatic heterocycles. The van der Waals surface area contributed by atoms with Crippen LogP contribution in [-0.2, 0) is 25.7 Å². The Bertz CT molecular complexity index is 1590. The lowest BCUT2D eigenvalue weighted by Crippen LogP contribution is -2.52. The van der Waals surface area contributed by atoms with Gasteiger partial charge in [0.1, 0.15) is 5.75 Å². The number of hydrogen-bond acceptors (Lipinski definition) is 7. The zero-order valence-corrected chi connectivity index (χ0v) is 25.1. The molecule has 0 saturated carbocycles. The molecule has 1 fully saturated rings. The molecule has 0 aromatic heterocycles. The van der Waals surface area contributed by atoms with Gasteiger partial charge < -0.3 is 20.1 Å². The van der Waals surface area contributed by atoms with Crippen LogP contribution in [0, 0.1) is 0 Å². The van der Waals surface area contributed by atoms with Crippen molar-refractivity contribution in [3.05, 3.63) is 101 Å². The molecule has 1 aliphatic rings. The molecule has 2 N–H and O–H groups in total. The summed E-state index contributed by atoms with van der Waals surface area (Å²) in [4.78, 5) is 69.4. The number of nitrogens with zero attached hydrogens (tertiary/aromatic N) is 2. The second kappa shape index (κ2) is 14.0. The van der Waals surface area contributed by atoms with Gasteiger partial charge in [-0.25, -0.2) is 9.69 Å². The van der Waals surface area contributed by atoms with Gasteiger partial charge in [-0.2, -0.15) is 0 Å². The number of carbonyl (C=O) groups excluding carboxylic acids is 5. The third-order valence-corrected chi connectivity index (χ3v) is 7.03. The summed E-state index contributed by atoms with van der Waals surface area (Å²) in [5.41, 5.74) is 1.34. The number of nitrogens with one attached hydrogen (secondary N) is 2. The van der Waals surface area contributed by atoms with E-state index < -0.39 is 41.8 Å². The second-order valence-electron chi connectivity index (χ2n) is 9.83.